The fraction of sp³-hybridized carbons (Fsp3) is 0.200. The SMILES string of the molecule is C#Cc1cccc(NC(=O)CNC(=O)c2cc(S(=O)(=O)NC(C)C)ccc2Cl)c1. The number of nitrogens with one attached hydrogen (secondary N) is 3. The van der Waals surface area contributed by atoms with E-state index in [4.69, 9.17) is 18.0 Å². The van der Waals surface area contributed by atoms with E-state index in [-0.39, 0.29) is 28.1 Å². The molecule has 0 aromatic heterocycles. The Morgan fingerprint density at radius 2 is 1.90 bits per heavy atom. The Morgan fingerprint density at radius 1 is 1.17 bits per heavy atom. The topological polar surface area (TPSA) is 104 Å². The summed E-state index contributed by atoms with van der Waals surface area (Å²) in [5.74, 6) is 1.30. The summed E-state index contributed by atoms with van der Waals surface area (Å²) in [6.07, 6.45) is 5.32. The summed E-state index contributed by atoms with van der Waals surface area (Å²) in [6, 6.07) is 10.2. The van der Waals surface area contributed by atoms with Crippen molar-refractivity contribution in [3.8, 4) is 12.3 Å². The minimum absolute atomic E-state index is 0.0552. The number of benzene rings is 2. The molecule has 0 radical (unpaired) electrons. The average molecular weight is 434 g/mol. The van der Waals surface area contributed by atoms with Crippen molar-refractivity contribution in [2.75, 3.05) is 11.9 Å². The molecule has 2 aromatic carbocycles. The lowest BCUT2D eigenvalue weighted by Crippen LogP contribution is -2.33. The van der Waals surface area contributed by atoms with E-state index < -0.39 is 21.8 Å². The quantitative estimate of drug-likeness (QED) is 0.583. The highest BCUT2D eigenvalue weighted by Gasteiger charge is 2.20. The molecule has 0 heterocycles. The number of carbonyl (C=O) groups is 2. The highest BCUT2D eigenvalue weighted by molar-refractivity contribution is 7.89. The predicted molar refractivity (Wildman–Crippen MR) is 112 cm³/mol. The third-order valence-electron chi connectivity index (χ3n) is 3.61. The number of terminal acetylenes is 1. The lowest BCUT2D eigenvalue weighted by atomic mass is 10.2. The van der Waals surface area contributed by atoms with Crippen LogP contribution in [0.2, 0.25) is 5.02 Å². The van der Waals surface area contributed by atoms with Crippen LogP contribution in [-0.2, 0) is 14.8 Å². The normalized spacial score (nSPS) is 11.0. The van der Waals surface area contributed by atoms with Gasteiger partial charge in [0.25, 0.3) is 5.91 Å². The largest absolute Gasteiger partial charge is 0.343 e. The van der Waals surface area contributed by atoms with Gasteiger partial charge in [-0.3, -0.25) is 9.59 Å². The standard InChI is InChI=1S/C20H20ClN3O4S/c1-4-14-6-5-7-15(10-14)23-19(25)12-22-20(26)17-11-16(8-9-18(17)21)29(27,28)24-13(2)3/h1,5-11,13,24H,12H2,2-3H3,(H,22,26)(H,23,25). The molecule has 0 atom stereocenters. The minimum Gasteiger partial charge on any atom is -0.343 e. The van der Waals surface area contributed by atoms with Gasteiger partial charge < -0.3 is 10.6 Å². The van der Waals surface area contributed by atoms with Gasteiger partial charge in [-0.05, 0) is 50.2 Å². The second-order valence-corrected chi connectivity index (χ2v) is 8.49. The van der Waals surface area contributed by atoms with E-state index in [1.807, 2.05) is 0 Å². The van der Waals surface area contributed by atoms with Gasteiger partial charge in [0, 0.05) is 17.3 Å². The van der Waals surface area contributed by atoms with Crippen LogP contribution in [-0.4, -0.2) is 32.8 Å². The molecule has 2 rings (SSSR count). The number of hydrogen-bond donors (Lipinski definition) is 3. The lowest BCUT2D eigenvalue weighted by Gasteiger charge is -2.12. The average Bonchev–Trinajstić information content (AvgIpc) is 2.65. The Labute approximate surface area is 174 Å². The summed E-state index contributed by atoms with van der Waals surface area (Å²) in [5, 5.41) is 5.09. The van der Waals surface area contributed by atoms with E-state index in [1.165, 1.54) is 12.1 Å². The highest BCUT2D eigenvalue weighted by atomic mass is 35.5. The van der Waals surface area contributed by atoms with Gasteiger partial charge in [0.1, 0.15) is 0 Å². The molecule has 7 nitrogen and oxygen atoms in total. The van der Waals surface area contributed by atoms with E-state index in [0.29, 0.717) is 11.3 Å². The lowest BCUT2D eigenvalue weighted by molar-refractivity contribution is -0.115. The van der Waals surface area contributed by atoms with Crippen molar-refractivity contribution in [3.63, 3.8) is 0 Å². The molecular weight excluding hydrogens is 414 g/mol. The van der Waals surface area contributed by atoms with Gasteiger partial charge >= 0.3 is 0 Å². The molecule has 29 heavy (non-hydrogen) atoms. The molecule has 0 aliphatic rings. The molecule has 9 heteroatoms. The zero-order chi connectivity index (χ0) is 21.6. The Balaban J connectivity index is 2.07. The van der Waals surface area contributed by atoms with Crippen LogP contribution in [0.1, 0.15) is 29.8 Å². The molecule has 0 saturated carbocycles. The predicted octanol–water partition coefficient (Wildman–Crippen LogP) is 2.38. The first-order valence-corrected chi connectivity index (χ1v) is 10.4. The van der Waals surface area contributed by atoms with Crippen LogP contribution in [0.5, 0.6) is 0 Å². The molecule has 2 aromatic rings. The highest BCUT2D eigenvalue weighted by Crippen LogP contribution is 2.20. The maximum absolute atomic E-state index is 12.4. The zero-order valence-electron chi connectivity index (χ0n) is 15.8. The summed E-state index contributed by atoms with van der Waals surface area (Å²) >= 11 is 6.03. The molecule has 0 aliphatic heterocycles. The van der Waals surface area contributed by atoms with Crippen LogP contribution in [0.4, 0.5) is 5.69 Å². The molecule has 152 valence electrons. The fourth-order valence-corrected chi connectivity index (χ4v) is 3.85. The van der Waals surface area contributed by atoms with Crippen LogP contribution >= 0.6 is 11.6 Å². The van der Waals surface area contributed by atoms with Crippen molar-refractivity contribution in [1.82, 2.24) is 10.0 Å². The summed E-state index contributed by atoms with van der Waals surface area (Å²) in [7, 11) is -3.79. The first-order valence-electron chi connectivity index (χ1n) is 8.59. The van der Waals surface area contributed by atoms with Gasteiger partial charge in [-0.15, -0.1) is 6.42 Å². The number of carbonyl (C=O) groups excluding carboxylic acids is 2. The molecule has 0 spiro atoms. The maximum Gasteiger partial charge on any atom is 0.253 e. The summed E-state index contributed by atoms with van der Waals surface area (Å²) in [5.41, 5.74) is 1.04. The van der Waals surface area contributed by atoms with Gasteiger partial charge in [-0.1, -0.05) is 23.6 Å². The Bertz CT molecular complexity index is 1080. The first kappa shape index (κ1) is 22.4. The second-order valence-electron chi connectivity index (χ2n) is 6.37. The van der Waals surface area contributed by atoms with Gasteiger partial charge in [0.15, 0.2) is 0 Å². The molecular formula is C20H20ClN3O4S. The molecule has 0 unspecified atom stereocenters. The number of amides is 2. The third-order valence-corrected chi connectivity index (χ3v) is 5.59. The van der Waals surface area contributed by atoms with Gasteiger partial charge in [-0.2, -0.15) is 0 Å². The molecule has 0 fully saturated rings. The maximum atomic E-state index is 12.4. The minimum atomic E-state index is -3.79. The number of hydrogen-bond acceptors (Lipinski definition) is 4. The van der Waals surface area contributed by atoms with E-state index in [1.54, 1.807) is 38.1 Å². The summed E-state index contributed by atoms with van der Waals surface area (Å²) < 4.78 is 27.0. The van der Waals surface area contributed by atoms with Crippen molar-refractivity contribution in [1.29, 1.82) is 0 Å². The van der Waals surface area contributed by atoms with Crippen molar-refractivity contribution < 1.29 is 18.0 Å². The van der Waals surface area contributed by atoms with Gasteiger partial charge in [0.05, 0.1) is 22.0 Å². The smallest absolute Gasteiger partial charge is 0.253 e. The van der Waals surface area contributed by atoms with E-state index in [0.717, 1.165) is 6.07 Å². The van der Waals surface area contributed by atoms with Crippen molar-refractivity contribution in [2.24, 2.45) is 0 Å². The van der Waals surface area contributed by atoms with Crippen molar-refractivity contribution >= 4 is 39.1 Å². The van der Waals surface area contributed by atoms with Crippen LogP contribution in [0.15, 0.2) is 47.4 Å². The van der Waals surface area contributed by atoms with Gasteiger partial charge in [0.2, 0.25) is 15.9 Å². The van der Waals surface area contributed by atoms with E-state index in [9.17, 15) is 18.0 Å². The van der Waals surface area contributed by atoms with Gasteiger partial charge in [-0.25, -0.2) is 13.1 Å². The molecule has 0 bridgehead atoms. The molecule has 0 aliphatic carbocycles. The third kappa shape index (κ3) is 6.32. The van der Waals surface area contributed by atoms with Crippen LogP contribution in [0, 0.1) is 12.3 Å². The van der Waals surface area contributed by atoms with Crippen molar-refractivity contribution in [3.05, 3.63) is 58.6 Å². The molecule has 2 amide bonds. The van der Waals surface area contributed by atoms with Crippen LogP contribution in [0.25, 0.3) is 0 Å². The summed E-state index contributed by atoms with van der Waals surface area (Å²) in [6.45, 7) is 3.02. The Morgan fingerprint density at radius 3 is 2.55 bits per heavy atom. The van der Waals surface area contributed by atoms with Crippen LogP contribution in [0.3, 0.4) is 0 Å². The van der Waals surface area contributed by atoms with Crippen LogP contribution < -0.4 is 15.4 Å². The zero-order valence-corrected chi connectivity index (χ0v) is 17.4. The first-order chi connectivity index (χ1) is 13.6. The molecule has 3 N–H and O–H groups in total. The molecule has 0 saturated heterocycles. The number of sulfonamides is 1. The number of halogens is 1. The summed E-state index contributed by atoms with van der Waals surface area (Å²) in [4.78, 5) is 24.4. The van der Waals surface area contributed by atoms with E-state index in [2.05, 4.69) is 21.3 Å². The fourth-order valence-electron chi connectivity index (χ4n) is 2.37. The van der Waals surface area contributed by atoms with E-state index >= 15 is 0 Å². The Hall–Kier alpha value is -2.86. The second kappa shape index (κ2) is 9.56. The van der Waals surface area contributed by atoms with Crippen molar-refractivity contribution in [2.45, 2.75) is 24.8 Å². The monoisotopic (exact) mass is 433 g/mol. The Kier molecular flexibility index (Phi) is 7.40. The number of rotatable bonds is 7. The number of anilines is 1.